The van der Waals surface area contributed by atoms with E-state index in [1.54, 1.807) is 6.92 Å². The number of rotatable bonds is 5. The minimum atomic E-state index is -1.12. The SMILES string of the molecule is CCCn1cc([N+](=O)[O-])c(=O)n(CC(=O)OC)c1=O. The Labute approximate surface area is 107 Å². The second kappa shape index (κ2) is 5.94. The third-order valence-electron chi connectivity index (χ3n) is 2.40. The number of ether oxygens (including phenoxy) is 1. The molecule has 0 spiro atoms. The van der Waals surface area contributed by atoms with Gasteiger partial charge in [0, 0.05) is 6.54 Å². The van der Waals surface area contributed by atoms with Crippen LogP contribution in [-0.2, 0) is 22.6 Å². The summed E-state index contributed by atoms with van der Waals surface area (Å²) >= 11 is 0. The lowest BCUT2D eigenvalue weighted by Gasteiger charge is -2.08. The number of carbonyl (C=O) groups is 1. The van der Waals surface area contributed by atoms with Gasteiger partial charge in [-0.15, -0.1) is 0 Å². The number of nitrogens with zero attached hydrogens (tertiary/aromatic N) is 3. The maximum atomic E-state index is 11.9. The monoisotopic (exact) mass is 271 g/mol. The highest BCUT2D eigenvalue weighted by atomic mass is 16.6. The van der Waals surface area contributed by atoms with Crippen LogP contribution in [0.25, 0.3) is 0 Å². The lowest BCUT2D eigenvalue weighted by atomic mass is 10.4. The first kappa shape index (κ1) is 14.6. The molecule has 1 aromatic heterocycles. The Morgan fingerprint density at radius 2 is 2.11 bits per heavy atom. The number of aromatic nitrogens is 2. The van der Waals surface area contributed by atoms with Crippen molar-refractivity contribution in [3.63, 3.8) is 0 Å². The molecular formula is C10H13N3O6. The molecule has 0 aromatic carbocycles. The number of nitro groups is 1. The van der Waals surface area contributed by atoms with Crippen molar-refractivity contribution in [1.82, 2.24) is 9.13 Å². The van der Waals surface area contributed by atoms with Crippen molar-refractivity contribution in [2.24, 2.45) is 0 Å². The smallest absolute Gasteiger partial charge is 0.350 e. The van der Waals surface area contributed by atoms with Crippen molar-refractivity contribution >= 4 is 11.7 Å². The number of carbonyl (C=O) groups excluding carboxylic acids is 1. The number of hydrogen-bond donors (Lipinski definition) is 0. The maximum absolute atomic E-state index is 11.9. The van der Waals surface area contributed by atoms with Crippen LogP contribution >= 0.6 is 0 Å². The van der Waals surface area contributed by atoms with Gasteiger partial charge in [0.2, 0.25) is 0 Å². The minimum absolute atomic E-state index is 0.209. The maximum Gasteiger partial charge on any atom is 0.350 e. The fourth-order valence-electron chi connectivity index (χ4n) is 1.50. The fraction of sp³-hybridized carbons (Fsp3) is 0.500. The molecule has 0 aliphatic heterocycles. The van der Waals surface area contributed by atoms with Crippen LogP contribution in [0.5, 0.6) is 0 Å². The summed E-state index contributed by atoms with van der Waals surface area (Å²) in [5, 5.41) is 10.8. The zero-order valence-corrected chi connectivity index (χ0v) is 10.5. The molecule has 1 rings (SSSR count). The Bertz CT molecular complexity index is 615. The van der Waals surface area contributed by atoms with Crippen LogP contribution in [0.4, 0.5) is 5.69 Å². The van der Waals surface area contributed by atoms with E-state index in [1.165, 1.54) is 0 Å². The van der Waals surface area contributed by atoms with E-state index in [0.717, 1.165) is 17.9 Å². The van der Waals surface area contributed by atoms with Crippen molar-refractivity contribution in [1.29, 1.82) is 0 Å². The summed E-state index contributed by atoms with van der Waals surface area (Å²) in [6.45, 7) is 1.33. The van der Waals surface area contributed by atoms with Crippen molar-refractivity contribution in [3.05, 3.63) is 37.1 Å². The zero-order valence-electron chi connectivity index (χ0n) is 10.5. The predicted octanol–water partition coefficient (Wildman–Crippen LogP) is -0.499. The molecule has 19 heavy (non-hydrogen) atoms. The van der Waals surface area contributed by atoms with Gasteiger partial charge >= 0.3 is 22.9 Å². The molecule has 0 unspecified atom stereocenters. The van der Waals surface area contributed by atoms with E-state index in [0.29, 0.717) is 11.0 Å². The fourth-order valence-corrected chi connectivity index (χ4v) is 1.50. The molecule has 0 aliphatic carbocycles. The Morgan fingerprint density at radius 3 is 2.58 bits per heavy atom. The normalized spacial score (nSPS) is 10.2. The van der Waals surface area contributed by atoms with Crippen LogP contribution in [0.15, 0.2) is 15.8 Å². The third kappa shape index (κ3) is 3.06. The molecule has 1 heterocycles. The van der Waals surface area contributed by atoms with Crippen LogP contribution in [0.1, 0.15) is 13.3 Å². The molecule has 0 atom stereocenters. The van der Waals surface area contributed by atoms with Gasteiger partial charge in [-0.05, 0) is 6.42 Å². The average Bonchev–Trinajstić information content (AvgIpc) is 2.37. The van der Waals surface area contributed by atoms with Crippen molar-refractivity contribution < 1.29 is 14.5 Å². The van der Waals surface area contributed by atoms with Gasteiger partial charge in [-0.3, -0.25) is 24.3 Å². The summed E-state index contributed by atoms with van der Waals surface area (Å²) < 4.78 is 5.88. The van der Waals surface area contributed by atoms with Crippen LogP contribution in [0.3, 0.4) is 0 Å². The van der Waals surface area contributed by atoms with Crippen LogP contribution in [0.2, 0.25) is 0 Å². The first-order valence-corrected chi connectivity index (χ1v) is 5.47. The number of esters is 1. The Morgan fingerprint density at radius 1 is 1.47 bits per heavy atom. The van der Waals surface area contributed by atoms with Crippen LogP contribution < -0.4 is 11.2 Å². The van der Waals surface area contributed by atoms with Gasteiger partial charge in [-0.2, -0.15) is 0 Å². The Kier molecular flexibility index (Phi) is 4.56. The van der Waals surface area contributed by atoms with Gasteiger partial charge in [0.05, 0.1) is 18.2 Å². The third-order valence-corrected chi connectivity index (χ3v) is 2.40. The first-order chi connectivity index (χ1) is 8.92. The van der Waals surface area contributed by atoms with Gasteiger partial charge in [-0.1, -0.05) is 6.92 Å². The van der Waals surface area contributed by atoms with Gasteiger partial charge in [0.1, 0.15) is 6.54 Å². The second-order valence-corrected chi connectivity index (χ2v) is 3.71. The first-order valence-electron chi connectivity index (χ1n) is 5.47. The highest BCUT2D eigenvalue weighted by molar-refractivity contribution is 5.68. The average molecular weight is 271 g/mol. The molecular weight excluding hydrogens is 258 g/mol. The summed E-state index contributed by atoms with van der Waals surface area (Å²) in [5.74, 6) is -0.831. The van der Waals surface area contributed by atoms with E-state index in [4.69, 9.17) is 0 Å². The molecule has 0 saturated heterocycles. The molecule has 9 nitrogen and oxygen atoms in total. The Balaban J connectivity index is 3.50. The quantitative estimate of drug-likeness (QED) is 0.405. The van der Waals surface area contributed by atoms with E-state index in [-0.39, 0.29) is 6.54 Å². The van der Waals surface area contributed by atoms with Crippen LogP contribution in [-0.4, -0.2) is 27.1 Å². The van der Waals surface area contributed by atoms with E-state index in [2.05, 4.69) is 4.74 Å². The highest BCUT2D eigenvalue weighted by Gasteiger charge is 2.21. The van der Waals surface area contributed by atoms with Gasteiger partial charge in [0.15, 0.2) is 0 Å². The second-order valence-electron chi connectivity index (χ2n) is 3.71. The summed E-state index contributed by atoms with van der Waals surface area (Å²) in [7, 11) is 1.09. The zero-order chi connectivity index (χ0) is 14.6. The molecule has 0 aliphatic rings. The van der Waals surface area contributed by atoms with E-state index >= 15 is 0 Å². The summed E-state index contributed by atoms with van der Waals surface area (Å²) in [6, 6.07) is 0. The molecule has 104 valence electrons. The number of aryl methyl sites for hydroxylation is 1. The van der Waals surface area contributed by atoms with E-state index in [9.17, 15) is 24.5 Å². The van der Waals surface area contributed by atoms with Crippen molar-refractivity contribution in [2.45, 2.75) is 26.4 Å². The molecule has 0 N–H and O–H groups in total. The standard InChI is InChI=1S/C10H13N3O6/c1-3-4-11-5-7(13(17)18)9(15)12(10(11)16)6-8(14)19-2/h5H,3-4,6H2,1-2H3. The van der Waals surface area contributed by atoms with Gasteiger partial charge in [0.25, 0.3) is 0 Å². The molecule has 0 fully saturated rings. The molecule has 9 heteroatoms. The lowest BCUT2D eigenvalue weighted by Crippen LogP contribution is -2.42. The predicted molar refractivity (Wildman–Crippen MR) is 63.9 cm³/mol. The largest absolute Gasteiger partial charge is 0.468 e. The molecule has 0 radical (unpaired) electrons. The van der Waals surface area contributed by atoms with E-state index in [1.807, 2.05) is 0 Å². The van der Waals surface area contributed by atoms with Crippen molar-refractivity contribution in [3.8, 4) is 0 Å². The van der Waals surface area contributed by atoms with Gasteiger partial charge < -0.3 is 4.74 Å². The number of hydrogen-bond acceptors (Lipinski definition) is 6. The van der Waals surface area contributed by atoms with Crippen LogP contribution in [0, 0.1) is 10.1 Å². The summed E-state index contributed by atoms with van der Waals surface area (Å²) in [4.78, 5) is 44.6. The summed E-state index contributed by atoms with van der Waals surface area (Å²) in [5.41, 5.74) is -2.65. The molecule has 0 amide bonds. The van der Waals surface area contributed by atoms with Gasteiger partial charge in [-0.25, -0.2) is 9.36 Å². The van der Waals surface area contributed by atoms with E-state index < -0.39 is 34.4 Å². The molecule has 0 saturated carbocycles. The summed E-state index contributed by atoms with van der Waals surface area (Å²) in [6.07, 6.45) is 1.44. The molecule has 1 aromatic rings. The Hall–Kier alpha value is -2.45. The topological polar surface area (TPSA) is 113 Å². The minimum Gasteiger partial charge on any atom is -0.468 e. The lowest BCUT2D eigenvalue weighted by molar-refractivity contribution is -0.387. The van der Waals surface area contributed by atoms with Crippen molar-refractivity contribution in [2.75, 3.05) is 7.11 Å². The highest BCUT2D eigenvalue weighted by Crippen LogP contribution is 2.01. The molecule has 0 bridgehead atoms. The number of methoxy groups -OCH3 is 1.